The molecule has 1 aliphatic rings. The fraction of sp³-hybridized carbons (Fsp3) is 0.316. The predicted molar refractivity (Wildman–Crippen MR) is 102 cm³/mol. The average molecular weight is 392 g/mol. The van der Waals surface area contributed by atoms with Gasteiger partial charge in [0.25, 0.3) is 0 Å². The zero-order chi connectivity index (χ0) is 19.6. The van der Waals surface area contributed by atoms with Crippen molar-refractivity contribution < 1.29 is 22.3 Å². The van der Waals surface area contributed by atoms with Crippen LogP contribution in [-0.4, -0.2) is 21.1 Å². The van der Waals surface area contributed by atoms with Gasteiger partial charge in [-0.3, -0.25) is 9.62 Å². The summed E-state index contributed by atoms with van der Waals surface area (Å²) in [6.07, 6.45) is 0.359. The molecule has 27 heavy (non-hydrogen) atoms. The molecule has 6 nitrogen and oxygen atoms in total. The molecule has 2 aromatic rings. The maximum absolute atomic E-state index is 14.0. The largest absolute Gasteiger partial charge is 0.444 e. The second-order valence-electron chi connectivity index (χ2n) is 6.51. The Balaban J connectivity index is 1.80. The van der Waals surface area contributed by atoms with Gasteiger partial charge in [0.05, 0.1) is 11.4 Å². The Hall–Kier alpha value is -2.61. The molecule has 0 spiro atoms. The highest BCUT2D eigenvalue weighted by molar-refractivity contribution is 7.91. The van der Waals surface area contributed by atoms with E-state index >= 15 is 0 Å². The Kier molecular flexibility index (Phi) is 5.36. The van der Waals surface area contributed by atoms with Crippen LogP contribution >= 0.6 is 0 Å². The third kappa shape index (κ3) is 4.39. The maximum Gasteiger partial charge on any atom is 0.414 e. The van der Waals surface area contributed by atoms with E-state index in [1.807, 2.05) is 6.92 Å². The molecule has 0 radical (unpaired) electrons. The highest BCUT2D eigenvalue weighted by atomic mass is 32.2. The van der Waals surface area contributed by atoms with Crippen molar-refractivity contribution in [2.24, 2.45) is 0 Å². The fourth-order valence-corrected chi connectivity index (χ4v) is 4.17. The highest BCUT2D eigenvalue weighted by Crippen LogP contribution is 2.30. The summed E-state index contributed by atoms with van der Waals surface area (Å²) in [7, 11) is -3.80. The predicted octanol–water partition coefficient (Wildman–Crippen LogP) is 3.94. The molecule has 1 amide bonds. The van der Waals surface area contributed by atoms with Gasteiger partial charge >= 0.3 is 6.09 Å². The van der Waals surface area contributed by atoms with Gasteiger partial charge in [0, 0.05) is 23.4 Å². The number of amides is 1. The van der Waals surface area contributed by atoms with E-state index in [4.69, 9.17) is 4.74 Å². The quantitative estimate of drug-likeness (QED) is 0.808. The van der Waals surface area contributed by atoms with E-state index in [1.165, 1.54) is 17.0 Å². The number of carbonyl (C=O) groups is 1. The molecule has 1 N–H and O–H groups in total. The van der Waals surface area contributed by atoms with Crippen LogP contribution in [0.15, 0.2) is 36.4 Å². The first-order chi connectivity index (χ1) is 12.8. The Morgan fingerprint density at radius 3 is 2.70 bits per heavy atom. The van der Waals surface area contributed by atoms with Crippen molar-refractivity contribution in [3.05, 3.63) is 58.9 Å². The van der Waals surface area contributed by atoms with Gasteiger partial charge in [-0.25, -0.2) is 17.6 Å². The first kappa shape index (κ1) is 19.2. The number of anilines is 2. The molecular formula is C19H21FN2O4S. The molecule has 1 aliphatic heterocycles. The molecule has 0 saturated heterocycles. The molecular weight excluding hydrogens is 371 g/mol. The normalized spacial score (nSPS) is 13.9. The zero-order valence-electron chi connectivity index (χ0n) is 15.2. The molecule has 0 fully saturated rings. The van der Waals surface area contributed by atoms with E-state index in [0.29, 0.717) is 23.5 Å². The highest BCUT2D eigenvalue weighted by Gasteiger charge is 2.25. The van der Waals surface area contributed by atoms with Crippen molar-refractivity contribution in [1.29, 1.82) is 0 Å². The van der Waals surface area contributed by atoms with Crippen molar-refractivity contribution in [2.45, 2.75) is 32.6 Å². The van der Waals surface area contributed by atoms with Gasteiger partial charge in [-0.15, -0.1) is 0 Å². The molecule has 0 aliphatic carbocycles. The standard InChI is InChI=1S/C19H21FN2O4S/c1-3-8-22-18-7-6-16(10-15(18)11-26-19(22)23)21-27(24,25)12-14-5-4-13(2)9-17(14)20/h4-7,9-10,21H,3,8,11-12H2,1-2H3. The Labute approximate surface area is 158 Å². The summed E-state index contributed by atoms with van der Waals surface area (Å²) in [5.41, 5.74) is 2.60. The van der Waals surface area contributed by atoms with Crippen LogP contribution in [0, 0.1) is 12.7 Å². The van der Waals surface area contributed by atoms with Crippen molar-refractivity contribution in [2.75, 3.05) is 16.2 Å². The van der Waals surface area contributed by atoms with Gasteiger partial charge in [0.1, 0.15) is 12.4 Å². The summed E-state index contributed by atoms with van der Waals surface area (Å²) in [5, 5.41) is 0. The number of fused-ring (bicyclic) bond motifs is 1. The number of hydrogen-bond acceptors (Lipinski definition) is 4. The molecule has 0 unspecified atom stereocenters. The smallest absolute Gasteiger partial charge is 0.414 e. The third-order valence-corrected chi connectivity index (χ3v) is 5.45. The summed E-state index contributed by atoms with van der Waals surface area (Å²) >= 11 is 0. The Bertz CT molecular complexity index is 976. The number of sulfonamides is 1. The van der Waals surface area contributed by atoms with Crippen LogP contribution in [0.3, 0.4) is 0 Å². The number of nitrogens with zero attached hydrogens (tertiary/aromatic N) is 1. The molecule has 0 aromatic heterocycles. The number of nitrogens with one attached hydrogen (secondary N) is 1. The number of ether oxygens (including phenoxy) is 1. The Morgan fingerprint density at radius 2 is 2.00 bits per heavy atom. The van der Waals surface area contributed by atoms with Crippen LogP contribution in [-0.2, 0) is 27.1 Å². The van der Waals surface area contributed by atoms with Crippen molar-refractivity contribution >= 4 is 27.5 Å². The van der Waals surface area contributed by atoms with Crippen LogP contribution in [0.1, 0.15) is 30.0 Å². The number of aryl methyl sites for hydroxylation is 1. The number of hydrogen-bond donors (Lipinski definition) is 1. The van der Waals surface area contributed by atoms with E-state index < -0.39 is 27.7 Å². The number of rotatable bonds is 6. The molecule has 1 heterocycles. The maximum atomic E-state index is 14.0. The number of halogens is 1. The van der Waals surface area contributed by atoms with Crippen molar-refractivity contribution in [3.63, 3.8) is 0 Å². The van der Waals surface area contributed by atoms with Crippen LogP contribution in [0.25, 0.3) is 0 Å². The lowest BCUT2D eigenvalue weighted by molar-refractivity contribution is 0.142. The topological polar surface area (TPSA) is 75.7 Å². The average Bonchev–Trinajstić information content (AvgIpc) is 2.59. The third-order valence-electron chi connectivity index (χ3n) is 4.22. The summed E-state index contributed by atoms with van der Waals surface area (Å²) in [6, 6.07) is 9.36. The summed E-state index contributed by atoms with van der Waals surface area (Å²) in [5.74, 6) is -1.01. The SMILES string of the molecule is CCCN1C(=O)OCc2cc(NS(=O)(=O)Cc3ccc(C)cc3F)ccc21. The van der Waals surface area contributed by atoms with Gasteiger partial charge in [-0.05, 0) is 43.2 Å². The lowest BCUT2D eigenvalue weighted by Gasteiger charge is -2.29. The number of cyclic esters (lactones) is 1. The van der Waals surface area contributed by atoms with Gasteiger partial charge in [0.2, 0.25) is 10.0 Å². The molecule has 0 saturated carbocycles. The second kappa shape index (κ2) is 7.56. The first-order valence-corrected chi connectivity index (χ1v) is 10.3. The number of carbonyl (C=O) groups excluding carboxylic acids is 1. The summed E-state index contributed by atoms with van der Waals surface area (Å²) in [4.78, 5) is 13.4. The molecule has 0 atom stereocenters. The van der Waals surface area contributed by atoms with Crippen molar-refractivity contribution in [1.82, 2.24) is 0 Å². The van der Waals surface area contributed by atoms with E-state index in [9.17, 15) is 17.6 Å². The summed E-state index contributed by atoms with van der Waals surface area (Å²) in [6.45, 7) is 4.29. The zero-order valence-corrected chi connectivity index (χ0v) is 16.0. The van der Waals surface area contributed by atoms with E-state index in [0.717, 1.165) is 12.0 Å². The second-order valence-corrected chi connectivity index (χ2v) is 8.23. The van der Waals surface area contributed by atoms with Crippen molar-refractivity contribution in [3.8, 4) is 0 Å². The molecule has 0 bridgehead atoms. The Morgan fingerprint density at radius 1 is 1.22 bits per heavy atom. The van der Waals surface area contributed by atoms with Crippen LogP contribution in [0.2, 0.25) is 0 Å². The van der Waals surface area contributed by atoms with E-state index in [1.54, 1.807) is 31.2 Å². The minimum absolute atomic E-state index is 0.0799. The van der Waals surface area contributed by atoms with Crippen LogP contribution < -0.4 is 9.62 Å². The van der Waals surface area contributed by atoms with Gasteiger partial charge in [-0.1, -0.05) is 19.1 Å². The van der Waals surface area contributed by atoms with E-state index in [-0.39, 0.29) is 12.2 Å². The fourth-order valence-electron chi connectivity index (χ4n) is 2.97. The van der Waals surface area contributed by atoms with E-state index in [2.05, 4.69) is 4.72 Å². The molecule has 144 valence electrons. The lowest BCUT2D eigenvalue weighted by atomic mass is 10.1. The lowest BCUT2D eigenvalue weighted by Crippen LogP contribution is -2.36. The number of benzene rings is 2. The van der Waals surface area contributed by atoms with Crippen LogP contribution in [0.5, 0.6) is 0 Å². The van der Waals surface area contributed by atoms with Gasteiger partial charge < -0.3 is 4.74 Å². The van der Waals surface area contributed by atoms with Gasteiger partial charge in [-0.2, -0.15) is 0 Å². The minimum Gasteiger partial charge on any atom is -0.444 e. The molecule has 3 rings (SSSR count). The molecule has 8 heteroatoms. The van der Waals surface area contributed by atoms with Gasteiger partial charge in [0.15, 0.2) is 0 Å². The minimum atomic E-state index is -3.80. The first-order valence-electron chi connectivity index (χ1n) is 8.62. The monoisotopic (exact) mass is 392 g/mol. The van der Waals surface area contributed by atoms with Crippen LogP contribution in [0.4, 0.5) is 20.6 Å². The molecule has 2 aromatic carbocycles. The summed E-state index contributed by atoms with van der Waals surface area (Å²) < 4.78 is 46.4.